The van der Waals surface area contributed by atoms with E-state index in [1.807, 2.05) is 0 Å². The molecular formula is C19H13F5O3. The summed E-state index contributed by atoms with van der Waals surface area (Å²) >= 11 is 0. The molecule has 0 aliphatic heterocycles. The molecular weight excluding hydrogens is 371 g/mol. The average Bonchev–Trinajstić information content (AvgIpc) is 2.63. The van der Waals surface area contributed by atoms with Gasteiger partial charge in [-0.1, -0.05) is 6.07 Å². The van der Waals surface area contributed by atoms with Gasteiger partial charge in [-0.2, -0.15) is 17.6 Å². The molecule has 0 saturated heterocycles. The van der Waals surface area contributed by atoms with Gasteiger partial charge < -0.3 is 14.2 Å². The Kier molecular flexibility index (Phi) is 5.07. The molecule has 0 aliphatic rings. The molecule has 0 bridgehead atoms. The van der Waals surface area contributed by atoms with E-state index in [2.05, 4.69) is 4.74 Å². The summed E-state index contributed by atoms with van der Waals surface area (Å²) in [5, 5.41) is 0.130. The molecule has 0 N–H and O–H groups in total. The van der Waals surface area contributed by atoms with Gasteiger partial charge in [0.25, 0.3) is 0 Å². The van der Waals surface area contributed by atoms with Crippen molar-refractivity contribution in [3.8, 4) is 17.2 Å². The first-order valence-electron chi connectivity index (χ1n) is 7.68. The predicted molar refractivity (Wildman–Crippen MR) is 88.1 cm³/mol. The fraction of sp³-hybridized carbons (Fsp3) is 0.158. The van der Waals surface area contributed by atoms with Gasteiger partial charge in [0.05, 0.1) is 12.7 Å². The summed E-state index contributed by atoms with van der Waals surface area (Å²) in [6.07, 6.45) is -3.64. The minimum Gasteiger partial charge on any atom is -0.497 e. The average molecular weight is 384 g/mol. The van der Waals surface area contributed by atoms with Crippen molar-refractivity contribution < 1.29 is 36.2 Å². The van der Waals surface area contributed by atoms with Crippen molar-refractivity contribution in [1.29, 1.82) is 0 Å². The van der Waals surface area contributed by atoms with E-state index < -0.39 is 29.9 Å². The Morgan fingerprint density at radius 1 is 0.889 bits per heavy atom. The monoisotopic (exact) mass is 384 g/mol. The van der Waals surface area contributed by atoms with Crippen molar-refractivity contribution in [2.75, 3.05) is 7.11 Å². The third-order valence-electron chi connectivity index (χ3n) is 3.78. The van der Waals surface area contributed by atoms with Crippen LogP contribution in [0.4, 0.5) is 22.0 Å². The topological polar surface area (TPSA) is 27.7 Å². The van der Waals surface area contributed by atoms with E-state index in [1.165, 1.54) is 31.4 Å². The SMILES string of the molecule is COc1ccc(C(F)(F)Oc2ccc3c(F)c(OC(F)F)ccc3c2)cc1. The van der Waals surface area contributed by atoms with Crippen molar-refractivity contribution in [2.24, 2.45) is 0 Å². The van der Waals surface area contributed by atoms with E-state index in [0.29, 0.717) is 5.75 Å². The summed E-state index contributed by atoms with van der Waals surface area (Å²) in [5.41, 5.74) is -0.393. The maximum Gasteiger partial charge on any atom is 0.426 e. The minimum atomic E-state index is -3.64. The molecule has 0 spiro atoms. The molecule has 0 aromatic heterocycles. The number of hydrogen-bond acceptors (Lipinski definition) is 3. The number of rotatable bonds is 6. The van der Waals surface area contributed by atoms with Gasteiger partial charge >= 0.3 is 12.7 Å². The molecule has 0 unspecified atom stereocenters. The highest BCUT2D eigenvalue weighted by Crippen LogP contribution is 2.35. The molecule has 0 heterocycles. The Bertz CT molecular complexity index is 942. The zero-order chi connectivity index (χ0) is 19.6. The zero-order valence-electron chi connectivity index (χ0n) is 13.9. The molecule has 0 radical (unpaired) electrons. The molecule has 142 valence electrons. The molecule has 0 atom stereocenters. The van der Waals surface area contributed by atoms with Gasteiger partial charge in [0.15, 0.2) is 11.6 Å². The maximum absolute atomic E-state index is 14.3. The molecule has 0 fully saturated rings. The lowest BCUT2D eigenvalue weighted by Gasteiger charge is -2.19. The van der Waals surface area contributed by atoms with Gasteiger partial charge in [0.1, 0.15) is 11.5 Å². The number of fused-ring (bicyclic) bond motifs is 1. The first kappa shape index (κ1) is 18.8. The molecule has 0 amide bonds. The molecule has 3 rings (SSSR count). The molecule has 0 saturated carbocycles. The van der Waals surface area contributed by atoms with Crippen LogP contribution < -0.4 is 14.2 Å². The van der Waals surface area contributed by atoms with Crippen molar-refractivity contribution in [1.82, 2.24) is 0 Å². The van der Waals surface area contributed by atoms with Gasteiger partial charge in [0, 0.05) is 5.39 Å². The summed E-state index contributed by atoms with van der Waals surface area (Å²) in [7, 11) is 1.41. The summed E-state index contributed by atoms with van der Waals surface area (Å²) in [6, 6.07) is 10.8. The number of alkyl halides is 4. The number of ether oxygens (including phenoxy) is 3. The number of halogens is 5. The molecule has 3 aromatic carbocycles. The first-order valence-corrected chi connectivity index (χ1v) is 7.68. The van der Waals surface area contributed by atoms with Crippen molar-refractivity contribution >= 4 is 10.8 Å². The van der Waals surface area contributed by atoms with Crippen LogP contribution in [0.5, 0.6) is 17.2 Å². The normalized spacial score (nSPS) is 11.7. The highest BCUT2D eigenvalue weighted by atomic mass is 19.3. The van der Waals surface area contributed by atoms with Gasteiger partial charge in [-0.15, -0.1) is 0 Å². The Labute approximate surface area is 150 Å². The van der Waals surface area contributed by atoms with Gasteiger partial charge in [-0.3, -0.25) is 0 Å². The van der Waals surface area contributed by atoms with Crippen LogP contribution in [0.15, 0.2) is 54.6 Å². The van der Waals surface area contributed by atoms with E-state index in [1.54, 1.807) is 0 Å². The third-order valence-corrected chi connectivity index (χ3v) is 3.78. The van der Waals surface area contributed by atoms with E-state index in [4.69, 9.17) is 9.47 Å². The van der Waals surface area contributed by atoms with E-state index in [-0.39, 0.29) is 16.5 Å². The van der Waals surface area contributed by atoms with Crippen LogP contribution >= 0.6 is 0 Å². The van der Waals surface area contributed by atoms with E-state index in [9.17, 15) is 22.0 Å². The van der Waals surface area contributed by atoms with Crippen molar-refractivity contribution in [3.63, 3.8) is 0 Å². The minimum absolute atomic E-state index is 0.0618. The Hall–Kier alpha value is -3.03. The molecule has 0 aliphatic carbocycles. The van der Waals surface area contributed by atoms with Crippen molar-refractivity contribution in [2.45, 2.75) is 12.7 Å². The van der Waals surface area contributed by atoms with Crippen LogP contribution in [0, 0.1) is 5.82 Å². The number of methoxy groups -OCH3 is 1. The lowest BCUT2D eigenvalue weighted by molar-refractivity contribution is -0.185. The van der Waals surface area contributed by atoms with Gasteiger partial charge in [0.2, 0.25) is 0 Å². The Morgan fingerprint density at radius 2 is 1.56 bits per heavy atom. The smallest absolute Gasteiger partial charge is 0.426 e. The molecule has 8 heteroatoms. The second-order valence-corrected chi connectivity index (χ2v) is 5.49. The fourth-order valence-corrected chi connectivity index (χ4v) is 2.49. The zero-order valence-corrected chi connectivity index (χ0v) is 13.9. The highest BCUT2D eigenvalue weighted by Gasteiger charge is 2.34. The van der Waals surface area contributed by atoms with Crippen LogP contribution in [0.3, 0.4) is 0 Å². The third kappa shape index (κ3) is 4.05. The van der Waals surface area contributed by atoms with Crippen LogP contribution in [0.1, 0.15) is 5.56 Å². The molecule has 3 aromatic rings. The summed E-state index contributed by atoms with van der Waals surface area (Å²) in [5.74, 6) is -1.45. The van der Waals surface area contributed by atoms with E-state index >= 15 is 0 Å². The quantitative estimate of drug-likeness (QED) is 0.509. The second-order valence-electron chi connectivity index (χ2n) is 5.49. The summed E-state index contributed by atoms with van der Waals surface area (Å²) in [4.78, 5) is 0. The molecule has 27 heavy (non-hydrogen) atoms. The van der Waals surface area contributed by atoms with Gasteiger partial charge in [-0.25, -0.2) is 4.39 Å². The van der Waals surface area contributed by atoms with Crippen LogP contribution in [-0.2, 0) is 6.11 Å². The Morgan fingerprint density at radius 3 is 2.19 bits per heavy atom. The van der Waals surface area contributed by atoms with E-state index in [0.717, 1.165) is 30.3 Å². The number of benzene rings is 3. The van der Waals surface area contributed by atoms with Crippen LogP contribution in [-0.4, -0.2) is 13.7 Å². The van der Waals surface area contributed by atoms with Gasteiger partial charge in [-0.05, 0) is 53.9 Å². The van der Waals surface area contributed by atoms with Crippen LogP contribution in [0.25, 0.3) is 10.8 Å². The second kappa shape index (κ2) is 7.30. The summed E-state index contributed by atoms with van der Waals surface area (Å²) in [6.45, 7) is -3.18. The van der Waals surface area contributed by atoms with Crippen molar-refractivity contribution in [3.05, 3.63) is 66.0 Å². The highest BCUT2D eigenvalue weighted by molar-refractivity contribution is 5.86. The Balaban J connectivity index is 1.88. The molecule has 3 nitrogen and oxygen atoms in total. The summed E-state index contributed by atoms with van der Waals surface area (Å²) < 4.78 is 81.1. The predicted octanol–water partition coefficient (Wildman–Crippen LogP) is 5.72. The van der Waals surface area contributed by atoms with Crippen LogP contribution in [0.2, 0.25) is 0 Å². The maximum atomic E-state index is 14.3. The lowest BCUT2D eigenvalue weighted by atomic mass is 10.1. The standard InChI is InChI=1S/C19H13F5O3/c1-25-13-5-3-12(4-6-13)19(23,24)27-14-7-8-15-11(10-14)2-9-16(17(15)20)26-18(21)22/h2-10,18H,1H3. The lowest BCUT2D eigenvalue weighted by Crippen LogP contribution is -2.21. The largest absolute Gasteiger partial charge is 0.497 e. The first-order chi connectivity index (χ1) is 12.8. The number of hydrogen-bond donors (Lipinski definition) is 0. The fourth-order valence-electron chi connectivity index (χ4n) is 2.49.